The summed E-state index contributed by atoms with van der Waals surface area (Å²) in [5, 5.41) is 0.760. The number of piperazine rings is 1. The topological polar surface area (TPSA) is 23.6 Å². The lowest BCUT2D eigenvalue weighted by atomic mass is 10.2. The minimum atomic E-state index is 0.0633. The quantitative estimate of drug-likeness (QED) is 0.693. The molecule has 0 aliphatic carbocycles. The van der Waals surface area contributed by atoms with Crippen molar-refractivity contribution in [1.82, 2.24) is 4.90 Å². The van der Waals surface area contributed by atoms with Crippen LogP contribution in [0.2, 0.25) is 5.02 Å². The van der Waals surface area contributed by atoms with Crippen molar-refractivity contribution in [3.8, 4) is 0 Å². The van der Waals surface area contributed by atoms with Gasteiger partial charge in [0, 0.05) is 37.1 Å². The Balaban J connectivity index is 1.57. The third-order valence-corrected chi connectivity index (χ3v) is 5.68. The molecule has 23 heavy (non-hydrogen) atoms. The highest BCUT2D eigenvalue weighted by atomic mass is 79.9. The smallest absolute Gasteiger partial charge is 0.246 e. The molecule has 0 bridgehead atoms. The van der Waals surface area contributed by atoms with Crippen LogP contribution in [-0.4, -0.2) is 37.0 Å². The molecule has 1 aromatic carbocycles. The summed E-state index contributed by atoms with van der Waals surface area (Å²) in [5.74, 6) is 0.0633. The number of hydrogen-bond donors (Lipinski definition) is 0. The van der Waals surface area contributed by atoms with Crippen LogP contribution in [0, 0.1) is 0 Å². The highest BCUT2D eigenvalue weighted by Gasteiger charge is 2.20. The van der Waals surface area contributed by atoms with Crippen LogP contribution in [0.15, 0.2) is 46.3 Å². The summed E-state index contributed by atoms with van der Waals surface area (Å²) < 4.78 is 1.07. The molecule has 3 nitrogen and oxygen atoms in total. The molecule has 1 aliphatic heterocycles. The number of hydrogen-bond acceptors (Lipinski definition) is 3. The fourth-order valence-corrected chi connectivity index (χ4v) is 4.13. The van der Waals surface area contributed by atoms with Crippen molar-refractivity contribution < 1.29 is 4.79 Å². The van der Waals surface area contributed by atoms with Gasteiger partial charge >= 0.3 is 0 Å². The molecule has 0 atom stereocenters. The Hall–Kier alpha value is -1.30. The van der Waals surface area contributed by atoms with E-state index >= 15 is 0 Å². The zero-order valence-electron chi connectivity index (χ0n) is 12.4. The van der Waals surface area contributed by atoms with Gasteiger partial charge in [0.25, 0.3) is 0 Å². The Morgan fingerprint density at radius 3 is 2.52 bits per heavy atom. The van der Waals surface area contributed by atoms with E-state index in [-0.39, 0.29) is 5.91 Å². The lowest BCUT2D eigenvalue weighted by molar-refractivity contribution is -0.126. The van der Waals surface area contributed by atoms with Crippen LogP contribution in [0.25, 0.3) is 6.08 Å². The fraction of sp³-hybridized carbons (Fsp3) is 0.235. The number of carbonyl (C=O) groups excluding carboxylic acids is 1. The summed E-state index contributed by atoms with van der Waals surface area (Å²) >= 11 is 11.3. The predicted molar refractivity (Wildman–Crippen MR) is 101 cm³/mol. The average Bonchev–Trinajstić information content (AvgIpc) is 2.99. The molecule has 0 spiro atoms. The summed E-state index contributed by atoms with van der Waals surface area (Å²) in [6.45, 7) is 3.02. The summed E-state index contributed by atoms with van der Waals surface area (Å²) in [6, 6.07) is 11.8. The molecule has 0 N–H and O–H groups in total. The fourth-order valence-electron chi connectivity index (χ4n) is 2.55. The molecule has 2 heterocycles. The largest absolute Gasteiger partial charge is 0.367 e. The molecule has 1 amide bonds. The highest BCUT2D eigenvalue weighted by molar-refractivity contribution is 9.11. The molecular weight excluding hydrogens is 396 g/mol. The van der Waals surface area contributed by atoms with Gasteiger partial charge in [-0.25, -0.2) is 0 Å². The summed E-state index contributed by atoms with van der Waals surface area (Å²) in [4.78, 5) is 17.5. The molecule has 0 saturated carbocycles. The molecule has 0 unspecified atom stereocenters. The maximum Gasteiger partial charge on any atom is 0.246 e. The van der Waals surface area contributed by atoms with E-state index in [9.17, 15) is 4.79 Å². The van der Waals surface area contributed by atoms with Gasteiger partial charge in [0.2, 0.25) is 5.91 Å². The van der Waals surface area contributed by atoms with E-state index in [2.05, 4.69) is 20.8 Å². The van der Waals surface area contributed by atoms with E-state index in [0.717, 1.165) is 32.5 Å². The average molecular weight is 412 g/mol. The monoisotopic (exact) mass is 410 g/mol. The van der Waals surface area contributed by atoms with Crippen molar-refractivity contribution in [3.63, 3.8) is 0 Å². The minimum Gasteiger partial charge on any atom is -0.367 e. The Morgan fingerprint density at radius 2 is 1.87 bits per heavy atom. The van der Waals surface area contributed by atoms with Gasteiger partial charge < -0.3 is 9.80 Å². The Labute approximate surface area is 153 Å². The van der Waals surface area contributed by atoms with Gasteiger partial charge in [0.15, 0.2) is 0 Å². The van der Waals surface area contributed by atoms with E-state index in [1.54, 1.807) is 17.4 Å². The van der Waals surface area contributed by atoms with Gasteiger partial charge in [-0.15, -0.1) is 11.3 Å². The first-order valence-corrected chi connectivity index (χ1v) is 9.34. The number of anilines is 1. The second kappa shape index (κ2) is 7.51. The number of amides is 1. The van der Waals surface area contributed by atoms with E-state index in [1.807, 2.05) is 47.4 Å². The lowest BCUT2D eigenvalue weighted by Crippen LogP contribution is -2.48. The Morgan fingerprint density at radius 1 is 1.13 bits per heavy atom. The van der Waals surface area contributed by atoms with Gasteiger partial charge in [0.1, 0.15) is 0 Å². The number of halogens is 2. The van der Waals surface area contributed by atoms with E-state index in [4.69, 9.17) is 11.6 Å². The molecular formula is C17H16BrClN2OS. The maximum atomic E-state index is 12.3. The molecule has 1 aliphatic rings. The van der Waals surface area contributed by atoms with Gasteiger partial charge in [-0.3, -0.25) is 4.79 Å². The van der Waals surface area contributed by atoms with Crippen molar-refractivity contribution in [2.24, 2.45) is 0 Å². The second-order valence-corrected chi connectivity index (χ2v) is 8.14. The molecule has 6 heteroatoms. The van der Waals surface area contributed by atoms with Gasteiger partial charge in [-0.2, -0.15) is 0 Å². The standard InChI is InChI=1S/C17H16BrClN2OS/c18-16-7-5-13(23-16)6-8-17(22)21-11-9-20(10-12-21)15-4-2-1-3-14(15)19/h1-8H,9-12H2/b8-6+. The normalized spacial score (nSPS) is 15.4. The van der Waals surface area contributed by atoms with Crippen LogP contribution in [0.3, 0.4) is 0 Å². The molecule has 3 rings (SSSR count). The van der Waals surface area contributed by atoms with Crippen molar-refractivity contribution in [1.29, 1.82) is 0 Å². The second-order valence-electron chi connectivity index (χ2n) is 5.24. The van der Waals surface area contributed by atoms with Crippen molar-refractivity contribution in [2.45, 2.75) is 0 Å². The molecule has 1 fully saturated rings. The number of rotatable bonds is 3. The molecule has 120 valence electrons. The van der Waals surface area contributed by atoms with Gasteiger partial charge in [0.05, 0.1) is 14.5 Å². The van der Waals surface area contributed by atoms with E-state index < -0.39 is 0 Å². The molecule has 2 aromatic rings. The van der Waals surface area contributed by atoms with Crippen molar-refractivity contribution in [2.75, 3.05) is 31.1 Å². The van der Waals surface area contributed by atoms with E-state index in [0.29, 0.717) is 13.1 Å². The maximum absolute atomic E-state index is 12.3. The molecule has 0 radical (unpaired) electrons. The van der Waals surface area contributed by atoms with Crippen LogP contribution in [-0.2, 0) is 4.79 Å². The molecule has 1 aromatic heterocycles. The molecule has 1 saturated heterocycles. The number of nitrogens with zero attached hydrogens (tertiary/aromatic N) is 2. The number of carbonyl (C=O) groups is 1. The Kier molecular flexibility index (Phi) is 5.41. The van der Waals surface area contributed by atoms with Crippen molar-refractivity contribution in [3.05, 3.63) is 56.2 Å². The highest BCUT2D eigenvalue weighted by Crippen LogP contribution is 2.26. The zero-order chi connectivity index (χ0) is 16.2. The number of benzene rings is 1. The van der Waals surface area contributed by atoms with Crippen LogP contribution < -0.4 is 4.90 Å². The first kappa shape index (κ1) is 16.6. The SMILES string of the molecule is O=C(/C=C/c1ccc(Br)s1)N1CCN(c2ccccc2Cl)CC1. The summed E-state index contributed by atoms with van der Waals surface area (Å²) in [7, 11) is 0. The van der Waals surface area contributed by atoms with Gasteiger partial charge in [-0.05, 0) is 46.3 Å². The zero-order valence-corrected chi connectivity index (χ0v) is 15.6. The minimum absolute atomic E-state index is 0.0633. The van der Waals surface area contributed by atoms with Crippen LogP contribution in [0.5, 0.6) is 0 Å². The number of thiophene rings is 1. The predicted octanol–water partition coefficient (Wildman–Crippen LogP) is 4.53. The lowest BCUT2D eigenvalue weighted by Gasteiger charge is -2.36. The van der Waals surface area contributed by atoms with Crippen LogP contribution >= 0.6 is 38.9 Å². The first-order chi connectivity index (χ1) is 11.1. The third-order valence-electron chi connectivity index (χ3n) is 3.77. The first-order valence-electron chi connectivity index (χ1n) is 7.35. The number of para-hydroxylation sites is 1. The van der Waals surface area contributed by atoms with Gasteiger partial charge in [-0.1, -0.05) is 23.7 Å². The summed E-state index contributed by atoms with van der Waals surface area (Å²) in [5.41, 5.74) is 1.04. The van der Waals surface area contributed by atoms with Crippen LogP contribution in [0.1, 0.15) is 4.88 Å². The summed E-state index contributed by atoms with van der Waals surface area (Å²) in [6.07, 6.45) is 3.53. The van der Waals surface area contributed by atoms with Crippen molar-refractivity contribution >= 4 is 56.5 Å². The third kappa shape index (κ3) is 4.16. The van der Waals surface area contributed by atoms with Crippen LogP contribution in [0.4, 0.5) is 5.69 Å². The Bertz CT molecular complexity index is 723. The van der Waals surface area contributed by atoms with E-state index in [1.165, 1.54) is 0 Å².